The molecule has 0 saturated carbocycles. The molecular weight excluding hydrogens is 328 g/mol. The number of nitrogens with zero attached hydrogens (tertiary/aromatic N) is 2. The number of benzene rings is 2. The molecule has 1 amide bonds. The van der Waals surface area contributed by atoms with Crippen molar-refractivity contribution in [3.8, 4) is 11.5 Å². The van der Waals surface area contributed by atoms with Gasteiger partial charge in [-0.3, -0.25) is 9.69 Å². The van der Waals surface area contributed by atoms with Gasteiger partial charge in [0, 0.05) is 37.3 Å². The SMILES string of the molecule is CC1CN(Cc2ccccc2)CC(C)N1C(=O)c1ccc2c(c1)OCO2. The van der Waals surface area contributed by atoms with E-state index < -0.39 is 0 Å². The summed E-state index contributed by atoms with van der Waals surface area (Å²) in [6.07, 6.45) is 0. The molecule has 26 heavy (non-hydrogen) atoms. The Bertz CT molecular complexity index is 781. The first kappa shape index (κ1) is 16.9. The quantitative estimate of drug-likeness (QED) is 0.851. The first-order valence-electron chi connectivity index (χ1n) is 9.10. The third-order valence-corrected chi connectivity index (χ3v) is 5.10. The topological polar surface area (TPSA) is 42.0 Å². The fourth-order valence-electron chi connectivity index (χ4n) is 3.98. The van der Waals surface area contributed by atoms with Crippen molar-refractivity contribution < 1.29 is 14.3 Å². The summed E-state index contributed by atoms with van der Waals surface area (Å²) in [7, 11) is 0. The van der Waals surface area contributed by atoms with Crippen LogP contribution in [0.4, 0.5) is 0 Å². The highest BCUT2D eigenvalue weighted by Crippen LogP contribution is 2.33. The Balaban J connectivity index is 1.47. The molecule has 2 aromatic rings. The van der Waals surface area contributed by atoms with Crippen LogP contribution in [0.2, 0.25) is 0 Å². The highest BCUT2D eigenvalue weighted by molar-refractivity contribution is 5.95. The molecule has 5 nitrogen and oxygen atoms in total. The van der Waals surface area contributed by atoms with Crippen LogP contribution < -0.4 is 9.47 Å². The second kappa shape index (κ2) is 7.00. The summed E-state index contributed by atoms with van der Waals surface area (Å²) >= 11 is 0. The average Bonchev–Trinajstić information content (AvgIpc) is 3.09. The molecule has 0 bridgehead atoms. The molecule has 2 aliphatic rings. The zero-order chi connectivity index (χ0) is 18.1. The molecule has 2 atom stereocenters. The van der Waals surface area contributed by atoms with E-state index >= 15 is 0 Å². The maximum Gasteiger partial charge on any atom is 0.254 e. The van der Waals surface area contributed by atoms with Crippen molar-refractivity contribution in [1.82, 2.24) is 9.80 Å². The predicted molar refractivity (Wildman–Crippen MR) is 99.4 cm³/mol. The molecule has 0 aromatic heterocycles. The molecule has 2 aromatic carbocycles. The molecular formula is C21H24N2O3. The molecule has 2 unspecified atom stereocenters. The lowest BCUT2D eigenvalue weighted by Crippen LogP contribution is -2.58. The van der Waals surface area contributed by atoms with Crippen LogP contribution in [0.1, 0.15) is 29.8 Å². The van der Waals surface area contributed by atoms with Crippen LogP contribution in [-0.4, -0.2) is 47.7 Å². The van der Waals surface area contributed by atoms with Gasteiger partial charge in [0.1, 0.15) is 0 Å². The van der Waals surface area contributed by atoms with Gasteiger partial charge >= 0.3 is 0 Å². The molecule has 136 valence electrons. The Morgan fingerprint density at radius 2 is 1.69 bits per heavy atom. The summed E-state index contributed by atoms with van der Waals surface area (Å²) < 4.78 is 10.8. The van der Waals surface area contributed by atoms with E-state index in [1.165, 1.54) is 5.56 Å². The number of amides is 1. The van der Waals surface area contributed by atoms with Gasteiger partial charge in [0.2, 0.25) is 6.79 Å². The monoisotopic (exact) mass is 352 g/mol. The summed E-state index contributed by atoms with van der Waals surface area (Å²) in [5.41, 5.74) is 1.96. The first-order valence-corrected chi connectivity index (χ1v) is 9.10. The fraction of sp³-hybridized carbons (Fsp3) is 0.381. The van der Waals surface area contributed by atoms with Crippen molar-refractivity contribution in [3.05, 3.63) is 59.7 Å². The smallest absolute Gasteiger partial charge is 0.254 e. The predicted octanol–water partition coefficient (Wildman–Crippen LogP) is 3.15. The summed E-state index contributed by atoms with van der Waals surface area (Å²) in [5, 5.41) is 0. The van der Waals surface area contributed by atoms with E-state index in [0.29, 0.717) is 17.1 Å². The summed E-state index contributed by atoms with van der Waals surface area (Å²) in [5.74, 6) is 1.41. The molecule has 0 radical (unpaired) electrons. The lowest BCUT2D eigenvalue weighted by molar-refractivity contribution is 0.0268. The largest absolute Gasteiger partial charge is 0.454 e. The molecule has 2 aliphatic heterocycles. The zero-order valence-corrected chi connectivity index (χ0v) is 15.2. The second-order valence-electron chi connectivity index (χ2n) is 7.16. The Kier molecular flexibility index (Phi) is 4.55. The van der Waals surface area contributed by atoms with Crippen molar-refractivity contribution >= 4 is 5.91 Å². The van der Waals surface area contributed by atoms with E-state index in [1.807, 2.05) is 23.1 Å². The maximum absolute atomic E-state index is 13.1. The Morgan fingerprint density at radius 3 is 2.42 bits per heavy atom. The van der Waals surface area contributed by atoms with Crippen LogP contribution in [0.15, 0.2) is 48.5 Å². The zero-order valence-electron chi connectivity index (χ0n) is 15.2. The van der Waals surface area contributed by atoms with E-state index in [-0.39, 0.29) is 24.8 Å². The van der Waals surface area contributed by atoms with Crippen LogP contribution in [0.3, 0.4) is 0 Å². The highest BCUT2D eigenvalue weighted by Gasteiger charge is 2.33. The van der Waals surface area contributed by atoms with Gasteiger partial charge in [-0.1, -0.05) is 30.3 Å². The van der Waals surface area contributed by atoms with Gasteiger partial charge in [0.15, 0.2) is 11.5 Å². The summed E-state index contributed by atoms with van der Waals surface area (Å²) in [6, 6.07) is 16.2. The molecule has 5 heteroatoms. The van der Waals surface area contributed by atoms with Gasteiger partial charge in [0.05, 0.1) is 0 Å². The average molecular weight is 352 g/mol. The minimum absolute atomic E-state index is 0.0580. The summed E-state index contributed by atoms with van der Waals surface area (Å²) in [6.45, 7) is 7.13. The van der Waals surface area contributed by atoms with Crippen molar-refractivity contribution in [2.45, 2.75) is 32.5 Å². The van der Waals surface area contributed by atoms with Crippen LogP contribution >= 0.6 is 0 Å². The molecule has 1 saturated heterocycles. The third kappa shape index (κ3) is 3.27. The highest BCUT2D eigenvalue weighted by atomic mass is 16.7. The van der Waals surface area contributed by atoms with E-state index in [1.54, 1.807) is 6.07 Å². The normalized spacial score (nSPS) is 22.5. The minimum atomic E-state index is 0.0580. The van der Waals surface area contributed by atoms with E-state index in [4.69, 9.17) is 9.47 Å². The Morgan fingerprint density at radius 1 is 1.00 bits per heavy atom. The number of hydrogen-bond donors (Lipinski definition) is 0. The Labute approximate surface area is 154 Å². The molecule has 0 N–H and O–H groups in total. The van der Waals surface area contributed by atoms with Crippen LogP contribution in [-0.2, 0) is 6.54 Å². The van der Waals surface area contributed by atoms with Crippen LogP contribution in [0, 0.1) is 0 Å². The summed E-state index contributed by atoms with van der Waals surface area (Å²) in [4.78, 5) is 17.5. The number of ether oxygens (including phenoxy) is 2. The lowest BCUT2D eigenvalue weighted by atomic mass is 10.0. The number of carbonyl (C=O) groups excluding carboxylic acids is 1. The van der Waals surface area contributed by atoms with Crippen LogP contribution in [0.25, 0.3) is 0 Å². The second-order valence-corrected chi connectivity index (χ2v) is 7.16. The lowest BCUT2D eigenvalue weighted by Gasteiger charge is -2.44. The first-order chi connectivity index (χ1) is 12.6. The standard InChI is InChI=1S/C21H24N2O3/c1-15-11-22(13-17-6-4-3-5-7-17)12-16(2)23(15)21(24)18-8-9-19-20(10-18)26-14-25-19/h3-10,15-16H,11-14H2,1-2H3. The molecule has 0 spiro atoms. The van der Waals surface area contributed by atoms with Crippen LogP contribution in [0.5, 0.6) is 11.5 Å². The minimum Gasteiger partial charge on any atom is -0.454 e. The maximum atomic E-state index is 13.1. The number of fused-ring (bicyclic) bond motifs is 1. The number of hydrogen-bond acceptors (Lipinski definition) is 4. The van der Waals surface area contributed by atoms with Crippen molar-refractivity contribution in [2.24, 2.45) is 0 Å². The molecule has 1 fully saturated rings. The molecule has 2 heterocycles. The molecule has 4 rings (SSSR count). The Hall–Kier alpha value is -2.53. The van der Waals surface area contributed by atoms with E-state index in [0.717, 1.165) is 19.6 Å². The number of rotatable bonds is 3. The van der Waals surface area contributed by atoms with Gasteiger partial charge in [-0.2, -0.15) is 0 Å². The van der Waals surface area contributed by atoms with E-state index in [9.17, 15) is 4.79 Å². The van der Waals surface area contributed by atoms with Crippen molar-refractivity contribution in [2.75, 3.05) is 19.9 Å². The number of carbonyl (C=O) groups is 1. The van der Waals surface area contributed by atoms with Gasteiger partial charge in [-0.15, -0.1) is 0 Å². The van der Waals surface area contributed by atoms with Gasteiger partial charge in [-0.05, 0) is 37.6 Å². The van der Waals surface area contributed by atoms with Crippen molar-refractivity contribution in [3.63, 3.8) is 0 Å². The van der Waals surface area contributed by atoms with Gasteiger partial charge in [0.25, 0.3) is 5.91 Å². The third-order valence-electron chi connectivity index (χ3n) is 5.10. The number of piperazine rings is 1. The fourth-order valence-corrected chi connectivity index (χ4v) is 3.98. The molecule has 0 aliphatic carbocycles. The van der Waals surface area contributed by atoms with Gasteiger partial charge in [-0.25, -0.2) is 0 Å². The van der Waals surface area contributed by atoms with E-state index in [2.05, 4.69) is 43.0 Å². The van der Waals surface area contributed by atoms with Gasteiger partial charge < -0.3 is 14.4 Å². The van der Waals surface area contributed by atoms with Crippen molar-refractivity contribution in [1.29, 1.82) is 0 Å².